The molecule has 1 amide bonds. The van der Waals surface area contributed by atoms with Gasteiger partial charge in [0.05, 0.1) is 16.9 Å². The Hall–Kier alpha value is -2.39. The minimum Gasteiger partial charge on any atom is -0.311 e. The fourth-order valence-corrected chi connectivity index (χ4v) is 3.48. The van der Waals surface area contributed by atoms with Crippen LogP contribution in [-0.2, 0) is 4.79 Å². The summed E-state index contributed by atoms with van der Waals surface area (Å²) in [6, 6.07) is 12.9. The second-order valence-electron chi connectivity index (χ2n) is 4.96. The molecular weight excluding hydrogens is 296 g/mol. The predicted octanol–water partition coefficient (Wildman–Crippen LogP) is 2.64. The lowest BCUT2D eigenvalue weighted by atomic mass is 10.1. The highest BCUT2D eigenvalue weighted by atomic mass is 32.2. The molecule has 0 unspecified atom stereocenters. The van der Waals surface area contributed by atoms with Gasteiger partial charge >= 0.3 is 0 Å². The van der Waals surface area contributed by atoms with E-state index in [0.717, 1.165) is 23.6 Å². The van der Waals surface area contributed by atoms with Crippen LogP contribution in [0.15, 0.2) is 47.6 Å². The van der Waals surface area contributed by atoms with Crippen LogP contribution in [0.3, 0.4) is 0 Å². The first-order chi connectivity index (χ1) is 10.8. The Bertz CT molecular complexity index is 696. The van der Waals surface area contributed by atoms with Gasteiger partial charge in [0, 0.05) is 18.4 Å². The molecule has 1 aromatic heterocycles. The fraction of sp³-hybridized carbons (Fsp3) is 0.250. The third-order valence-electron chi connectivity index (χ3n) is 3.51. The van der Waals surface area contributed by atoms with Crippen molar-refractivity contribution in [3.63, 3.8) is 0 Å². The molecule has 22 heavy (non-hydrogen) atoms. The molecule has 1 aliphatic heterocycles. The van der Waals surface area contributed by atoms with Gasteiger partial charge in [0.25, 0.3) is 0 Å². The Morgan fingerprint density at radius 3 is 2.77 bits per heavy atom. The summed E-state index contributed by atoms with van der Waals surface area (Å²) in [6.45, 7) is 0.711. The number of thioether (sulfide) groups is 1. The Labute approximate surface area is 133 Å². The molecule has 2 heterocycles. The fourth-order valence-electron chi connectivity index (χ4n) is 2.42. The molecule has 0 bridgehead atoms. The van der Waals surface area contributed by atoms with Crippen LogP contribution < -0.4 is 4.90 Å². The molecule has 1 saturated heterocycles. The van der Waals surface area contributed by atoms with E-state index in [0.29, 0.717) is 12.1 Å². The molecule has 0 N–H and O–H groups in total. The molecule has 1 fully saturated rings. The standard InChI is InChI=1S/C16H14N4OS/c17-11-12-5-7-13(8-6-12)20-10-2-3-14(16(20)21)22-15-4-1-9-18-19-15/h1,4-9,14H,2-3,10H2/t14-/m1/s1. The lowest BCUT2D eigenvalue weighted by Crippen LogP contribution is -2.43. The van der Waals surface area contributed by atoms with E-state index in [2.05, 4.69) is 16.3 Å². The second-order valence-corrected chi connectivity index (χ2v) is 6.18. The molecule has 2 aromatic rings. The molecule has 0 radical (unpaired) electrons. The van der Waals surface area contributed by atoms with Crippen molar-refractivity contribution >= 4 is 23.4 Å². The summed E-state index contributed by atoms with van der Waals surface area (Å²) in [4.78, 5) is 14.5. The number of nitrogens with zero attached hydrogens (tertiary/aromatic N) is 4. The van der Waals surface area contributed by atoms with Gasteiger partial charge in [-0.3, -0.25) is 4.79 Å². The summed E-state index contributed by atoms with van der Waals surface area (Å²) in [5, 5.41) is 17.4. The summed E-state index contributed by atoms with van der Waals surface area (Å²) in [7, 11) is 0. The average molecular weight is 310 g/mol. The lowest BCUT2D eigenvalue weighted by molar-refractivity contribution is -0.119. The van der Waals surface area contributed by atoms with Crippen molar-refractivity contribution in [1.29, 1.82) is 5.26 Å². The number of hydrogen-bond acceptors (Lipinski definition) is 5. The van der Waals surface area contributed by atoms with Gasteiger partial charge in [-0.15, -0.1) is 5.10 Å². The van der Waals surface area contributed by atoms with Crippen molar-refractivity contribution in [2.45, 2.75) is 23.1 Å². The van der Waals surface area contributed by atoms with Gasteiger partial charge in [-0.05, 0) is 49.2 Å². The topological polar surface area (TPSA) is 69.9 Å². The summed E-state index contributed by atoms with van der Waals surface area (Å²) in [5.74, 6) is 0.0895. The number of carbonyl (C=O) groups is 1. The van der Waals surface area contributed by atoms with Crippen LogP contribution in [-0.4, -0.2) is 27.9 Å². The van der Waals surface area contributed by atoms with Crippen LogP contribution >= 0.6 is 11.8 Å². The van der Waals surface area contributed by atoms with E-state index < -0.39 is 0 Å². The highest BCUT2D eigenvalue weighted by Gasteiger charge is 2.30. The van der Waals surface area contributed by atoms with Gasteiger partial charge < -0.3 is 4.90 Å². The SMILES string of the molecule is N#Cc1ccc(N2CCC[C@@H](Sc3cccnn3)C2=O)cc1. The van der Waals surface area contributed by atoms with Gasteiger partial charge in [-0.1, -0.05) is 11.8 Å². The number of nitriles is 1. The normalized spacial score (nSPS) is 18.0. The van der Waals surface area contributed by atoms with Gasteiger partial charge in [0.15, 0.2) is 0 Å². The Balaban J connectivity index is 1.76. The molecule has 6 heteroatoms. The Morgan fingerprint density at radius 1 is 1.27 bits per heavy atom. The molecule has 1 aliphatic rings. The largest absolute Gasteiger partial charge is 0.311 e. The lowest BCUT2D eigenvalue weighted by Gasteiger charge is -2.31. The van der Waals surface area contributed by atoms with Crippen LogP contribution in [0.5, 0.6) is 0 Å². The number of carbonyl (C=O) groups excluding carboxylic acids is 1. The molecule has 1 atom stereocenters. The van der Waals surface area contributed by atoms with Crippen molar-refractivity contribution < 1.29 is 4.79 Å². The zero-order valence-corrected chi connectivity index (χ0v) is 12.7. The third kappa shape index (κ3) is 3.10. The minimum atomic E-state index is -0.138. The smallest absolute Gasteiger partial charge is 0.240 e. The van der Waals surface area contributed by atoms with Gasteiger partial charge in [0.1, 0.15) is 5.03 Å². The summed E-state index contributed by atoms with van der Waals surface area (Å²) < 4.78 is 0. The van der Waals surface area contributed by atoms with Crippen molar-refractivity contribution in [2.75, 3.05) is 11.4 Å². The first-order valence-electron chi connectivity index (χ1n) is 7.04. The highest BCUT2D eigenvalue weighted by molar-refractivity contribution is 8.00. The second kappa shape index (κ2) is 6.58. The van der Waals surface area contributed by atoms with Gasteiger partial charge in [-0.25, -0.2) is 0 Å². The van der Waals surface area contributed by atoms with Crippen molar-refractivity contribution in [3.8, 4) is 6.07 Å². The Morgan fingerprint density at radius 2 is 2.09 bits per heavy atom. The quantitative estimate of drug-likeness (QED) is 0.871. The molecule has 0 aliphatic carbocycles. The maximum atomic E-state index is 12.7. The summed E-state index contributed by atoms with van der Waals surface area (Å²) in [5.41, 5.74) is 1.44. The van der Waals surface area contributed by atoms with E-state index in [1.54, 1.807) is 23.2 Å². The number of anilines is 1. The van der Waals surface area contributed by atoms with Crippen molar-refractivity contribution in [3.05, 3.63) is 48.2 Å². The maximum absolute atomic E-state index is 12.7. The molecule has 5 nitrogen and oxygen atoms in total. The number of aromatic nitrogens is 2. The van der Waals surface area contributed by atoms with Crippen LogP contribution in [0.4, 0.5) is 5.69 Å². The van der Waals surface area contributed by atoms with E-state index >= 15 is 0 Å². The van der Waals surface area contributed by atoms with Crippen LogP contribution in [0.25, 0.3) is 0 Å². The first-order valence-corrected chi connectivity index (χ1v) is 7.92. The number of hydrogen-bond donors (Lipinski definition) is 0. The molecule has 0 saturated carbocycles. The number of piperidine rings is 1. The zero-order valence-electron chi connectivity index (χ0n) is 11.8. The van der Waals surface area contributed by atoms with E-state index in [4.69, 9.17) is 5.26 Å². The minimum absolute atomic E-state index is 0.0895. The van der Waals surface area contributed by atoms with E-state index in [1.165, 1.54) is 11.8 Å². The zero-order chi connectivity index (χ0) is 15.4. The third-order valence-corrected chi connectivity index (χ3v) is 4.69. The highest BCUT2D eigenvalue weighted by Crippen LogP contribution is 2.31. The Kier molecular flexibility index (Phi) is 4.35. The van der Waals surface area contributed by atoms with E-state index in [-0.39, 0.29) is 11.2 Å². The maximum Gasteiger partial charge on any atom is 0.240 e. The van der Waals surface area contributed by atoms with Crippen molar-refractivity contribution in [1.82, 2.24) is 10.2 Å². The first kappa shape index (κ1) is 14.5. The molecule has 3 rings (SSSR count). The monoisotopic (exact) mass is 310 g/mol. The van der Waals surface area contributed by atoms with Crippen LogP contribution in [0, 0.1) is 11.3 Å². The summed E-state index contributed by atoms with van der Waals surface area (Å²) >= 11 is 1.46. The molecule has 1 aromatic carbocycles. The molecular formula is C16H14N4OS. The van der Waals surface area contributed by atoms with Gasteiger partial charge in [0.2, 0.25) is 5.91 Å². The van der Waals surface area contributed by atoms with Crippen LogP contribution in [0.1, 0.15) is 18.4 Å². The number of rotatable bonds is 3. The number of benzene rings is 1. The van der Waals surface area contributed by atoms with E-state index in [1.807, 2.05) is 24.3 Å². The summed E-state index contributed by atoms with van der Waals surface area (Å²) in [6.07, 6.45) is 3.41. The number of amides is 1. The van der Waals surface area contributed by atoms with Crippen LogP contribution in [0.2, 0.25) is 0 Å². The molecule has 0 spiro atoms. The van der Waals surface area contributed by atoms with Crippen molar-refractivity contribution in [2.24, 2.45) is 0 Å². The molecule has 110 valence electrons. The van der Waals surface area contributed by atoms with Gasteiger partial charge in [-0.2, -0.15) is 10.4 Å². The van der Waals surface area contributed by atoms with E-state index in [9.17, 15) is 4.79 Å². The average Bonchev–Trinajstić information content (AvgIpc) is 2.58. The predicted molar refractivity (Wildman–Crippen MR) is 84.4 cm³/mol.